The van der Waals surface area contributed by atoms with Crippen LogP contribution < -0.4 is 0 Å². The number of aliphatic hydroxyl groups excluding tert-OH is 8. The fourth-order valence-electron chi connectivity index (χ4n) is 2.69. The van der Waals surface area contributed by atoms with Gasteiger partial charge in [0.15, 0.2) is 6.29 Å². The van der Waals surface area contributed by atoms with E-state index in [4.69, 9.17) is 9.47 Å². The van der Waals surface area contributed by atoms with E-state index < -0.39 is 73.8 Å². The average molecular weight is 384 g/mol. The van der Waals surface area contributed by atoms with E-state index in [2.05, 4.69) is 0 Å². The van der Waals surface area contributed by atoms with Gasteiger partial charge in [0.1, 0.15) is 42.7 Å². The molecule has 1 fully saturated rings. The highest BCUT2D eigenvalue weighted by Crippen LogP contribution is 2.31. The van der Waals surface area contributed by atoms with E-state index in [0.29, 0.717) is 6.42 Å². The number of ether oxygens (including phenoxy) is 2. The van der Waals surface area contributed by atoms with Gasteiger partial charge in [0.05, 0.1) is 19.3 Å². The summed E-state index contributed by atoms with van der Waals surface area (Å²) in [6, 6.07) is 0. The standard InChI is InChI=1S/C16H32O10/c1-4-16(2,3)14(24)12(23)13(7(19)5-17)26-15-11(22)10(21)9(20)8(6-18)25-15/h7-15,17-24H,4-6H2,1-3H3/t7-,8?,9?,10?,11?,12+,13-,14-,15?/m1/s1. The van der Waals surface area contributed by atoms with E-state index >= 15 is 0 Å². The molecule has 1 aliphatic rings. The van der Waals surface area contributed by atoms with Gasteiger partial charge in [-0.3, -0.25) is 0 Å². The summed E-state index contributed by atoms with van der Waals surface area (Å²) in [6.45, 7) is 3.70. The molecule has 1 rings (SSSR count). The lowest BCUT2D eigenvalue weighted by Gasteiger charge is -2.43. The van der Waals surface area contributed by atoms with Crippen molar-refractivity contribution < 1.29 is 50.3 Å². The Morgan fingerprint density at radius 1 is 1.00 bits per heavy atom. The van der Waals surface area contributed by atoms with Crippen LogP contribution in [0.25, 0.3) is 0 Å². The molecule has 0 radical (unpaired) electrons. The van der Waals surface area contributed by atoms with Crippen molar-refractivity contribution in [3.05, 3.63) is 0 Å². The number of hydrogen-bond donors (Lipinski definition) is 8. The van der Waals surface area contributed by atoms with Gasteiger partial charge in [-0.1, -0.05) is 20.8 Å². The zero-order chi connectivity index (χ0) is 20.2. The van der Waals surface area contributed by atoms with E-state index in [0.717, 1.165) is 0 Å². The maximum absolute atomic E-state index is 10.5. The Morgan fingerprint density at radius 2 is 1.58 bits per heavy atom. The molecule has 10 nitrogen and oxygen atoms in total. The van der Waals surface area contributed by atoms with Gasteiger partial charge in [0.2, 0.25) is 0 Å². The highest BCUT2D eigenvalue weighted by atomic mass is 16.7. The van der Waals surface area contributed by atoms with Crippen molar-refractivity contribution in [2.24, 2.45) is 5.41 Å². The summed E-state index contributed by atoms with van der Waals surface area (Å²) in [5.41, 5.74) is -0.744. The van der Waals surface area contributed by atoms with Crippen LogP contribution in [0.5, 0.6) is 0 Å². The first-order chi connectivity index (χ1) is 12.0. The quantitative estimate of drug-likeness (QED) is 0.200. The van der Waals surface area contributed by atoms with Crippen LogP contribution in [0.15, 0.2) is 0 Å². The molecule has 1 aliphatic heterocycles. The molecule has 0 bridgehead atoms. The molecule has 0 amide bonds. The Hall–Kier alpha value is -0.400. The molecule has 10 heteroatoms. The summed E-state index contributed by atoms with van der Waals surface area (Å²) in [4.78, 5) is 0. The lowest BCUT2D eigenvalue weighted by atomic mass is 9.79. The monoisotopic (exact) mass is 384 g/mol. The highest BCUT2D eigenvalue weighted by molar-refractivity contribution is 4.93. The van der Waals surface area contributed by atoms with Crippen molar-refractivity contribution in [1.29, 1.82) is 0 Å². The van der Waals surface area contributed by atoms with E-state index in [9.17, 15) is 40.9 Å². The molecule has 1 heterocycles. The van der Waals surface area contributed by atoms with Gasteiger partial charge in [-0.25, -0.2) is 0 Å². The zero-order valence-electron chi connectivity index (χ0n) is 15.2. The number of rotatable bonds is 9. The van der Waals surface area contributed by atoms with Crippen LogP contribution in [0.4, 0.5) is 0 Å². The summed E-state index contributed by atoms with van der Waals surface area (Å²) in [7, 11) is 0. The molecule has 0 spiro atoms. The normalized spacial score (nSPS) is 35.0. The van der Waals surface area contributed by atoms with Crippen LogP contribution in [0.2, 0.25) is 0 Å². The largest absolute Gasteiger partial charge is 0.394 e. The van der Waals surface area contributed by atoms with Crippen molar-refractivity contribution in [3.63, 3.8) is 0 Å². The van der Waals surface area contributed by atoms with Crippen molar-refractivity contribution in [1.82, 2.24) is 0 Å². The average Bonchev–Trinajstić information content (AvgIpc) is 2.63. The molecule has 0 aromatic carbocycles. The minimum absolute atomic E-state index is 0.493. The molecule has 156 valence electrons. The van der Waals surface area contributed by atoms with Crippen molar-refractivity contribution in [2.75, 3.05) is 13.2 Å². The third-order valence-electron chi connectivity index (χ3n) is 5.08. The first kappa shape index (κ1) is 23.6. The van der Waals surface area contributed by atoms with Gasteiger partial charge in [-0.15, -0.1) is 0 Å². The van der Waals surface area contributed by atoms with Crippen molar-refractivity contribution in [3.8, 4) is 0 Å². The van der Waals surface area contributed by atoms with E-state index in [1.807, 2.05) is 0 Å². The van der Waals surface area contributed by atoms with Crippen molar-refractivity contribution in [2.45, 2.75) is 82.3 Å². The van der Waals surface area contributed by atoms with Crippen LogP contribution in [0.3, 0.4) is 0 Å². The van der Waals surface area contributed by atoms with Gasteiger partial charge in [0.25, 0.3) is 0 Å². The predicted octanol–water partition coefficient (Wildman–Crippen LogP) is -3.32. The fraction of sp³-hybridized carbons (Fsp3) is 1.00. The first-order valence-electron chi connectivity index (χ1n) is 8.62. The van der Waals surface area contributed by atoms with Gasteiger partial charge in [0, 0.05) is 0 Å². The van der Waals surface area contributed by atoms with E-state index in [1.54, 1.807) is 20.8 Å². The molecular weight excluding hydrogens is 352 g/mol. The Bertz CT molecular complexity index is 418. The van der Waals surface area contributed by atoms with Gasteiger partial charge in [-0.2, -0.15) is 0 Å². The Morgan fingerprint density at radius 3 is 2.04 bits per heavy atom. The number of aliphatic hydroxyl groups is 8. The summed E-state index contributed by atoms with van der Waals surface area (Å²) >= 11 is 0. The highest BCUT2D eigenvalue weighted by Gasteiger charge is 2.47. The molecule has 26 heavy (non-hydrogen) atoms. The molecule has 5 unspecified atom stereocenters. The molecule has 0 aliphatic carbocycles. The van der Waals surface area contributed by atoms with E-state index in [-0.39, 0.29) is 0 Å². The summed E-state index contributed by atoms with van der Waals surface area (Å²) < 4.78 is 10.5. The predicted molar refractivity (Wildman–Crippen MR) is 87.8 cm³/mol. The second-order valence-corrected chi connectivity index (χ2v) is 7.33. The lowest BCUT2D eigenvalue weighted by molar-refractivity contribution is -0.328. The third kappa shape index (κ3) is 5.10. The smallest absolute Gasteiger partial charge is 0.187 e. The summed E-state index contributed by atoms with van der Waals surface area (Å²) in [6.07, 6.45) is -13.6. The minimum Gasteiger partial charge on any atom is -0.394 e. The minimum atomic E-state index is -1.75. The summed E-state index contributed by atoms with van der Waals surface area (Å²) in [5, 5.41) is 78.9. The summed E-state index contributed by atoms with van der Waals surface area (Å²) in [5.74, 6) is 0. The Balaban J connectivity index is 3.00. The topological polar surface area (TPSA) is 180 Å². The van der Waals surface area contributed by atoms with Gasteiger partial charge >= 0.3 is 0 Å². The molecule has 0 aromatic heterocycles. The first-order valence-corrected chi connectivity index (χ1v) is 8.62. The van der Waals surface area contributed by atoms with Crippen molar-refractivity contribution >= 4 is 0 Å². The second-order valence-electron chi connectivity index (χ2n) is 7.33. The van der Waals surface area contributed by atoms with Crippen LogP contribution in [-0.2, 0) is 9.47 Å². The maximum Gasteiger partial charge on any atom is 0.187 e. The van der Waals surface area contributed by atoms with Crippen LogP contribution in [0, 0.1) is 5.41 Å². The van der Waals surface area contributed by atoms with Crippen LogP contribution in [-0.4, -0.2) is 109 Å². The van der Waals surface area contributed by atoms with Crippen LogP contribution in [0.1, 0.15) is 27.2 Å². The Labute approximate surface area is 152 Å². The number of hydrogen-bond acceptors (Lipinski definition) is 10. The van der Waals surface area contributed by atoms with Gasteiger partial charge in [-0.05, 0) is 11.8 Å². The molecule has 1 saturated heterocycles. The third-order valence-corrected chi connectivity index (χ3v) is 5.08. The molecular formula is C16H32O10. The molecule has 0 saturated carbocycles. The van der Waals surface area contributed by atoms with Crippen LogP contribution >= 0.6 is 0 Å². The van der Waals surface area contributed by atoms with E-state index in [1.165, 1.54) is 0 Å². The van der Waals surface area contributed by atoms with Gasteiger partial charge < -0.3 is 50.3 Å². The second kappa shape index (κ2) is 9.69. The Kier molecular flexibility index (Phi) is 8.81. The maximum atomic E-state index is 10.5. The zero-order valence-corrected chi connectivity index (χ0v) is 15.2. The molecule has 9 atom stereocenters. The molecule has 8 N–H and O–H groups in total. The molecule has 0 aromatic rings. The fourth-order valence-corrected chi connectivity index (χ4v) is 2.69. The SMILES string of the molecule is CCC(C)(C)[C@H](O)[C@@H](O)[C@H](OC1OC(CO)C(O)C(O)C1O)[C@H](O)CO. The lowest BCUT2D eigenvalue weighted by Crippen LogP contribution is -2.62.